The fourth-order valence-corrected chi connectivity index (χ4v) is 4.81. The van der Waals surface area contributed by atoms with Gasteiger partial charge in [-0.3, -0.25) is 9.36 Å². The third-order valence-corrected chi connectivity index (χ3v) is 6.97. The van der Waals surface area contributed by atoms with Crippen LogP contribution in [0.2, 0.25) is 0 Å². The van der Waals surface area contributed by atoms with Crippen molar-refractivity contribution in [3.63, 3.8) is 0 Å². The molecule has 4 aromatic rings. The topological polar surface area (TPSA) is 59.8 Å². The van der Waals surface area contributed by atoms with Crippen molar-refractivity contribution in [3.8, 4) is 5.69 Å². The number of hydrogen-bond acceptors (Lipinski definition) is 4. The van der Waals surface area contributed by atoms with Gasteiger partial charge >= 0.3 is 0 Å². The van der Waals surface area contributed by atoms with Crippen LogP contribution in [0.15, 0.2) is 76.4 Å². The van der Waals surface area contributed by atoms with Crippen LogP contribution in [-0.4, -0.2) is 26.4 Å². The fraction of sp³-hybridized carbons (Fsp3) is 0.192. The van der Waals surface area contributed by atoms with E-state index >= 15 is 0 Å². The Kier molecular flexibility index (Phi) is 7.30. The summed E-state index contributed by atoms with van der Waals surface area (Å²) in [6.45, 7) is 6.21. The number of hydrogen-bond donors (Lipinski definition) is 1. The maximum atomic E-state index is 12.7. The van der Waals surface area contributed by atoms with Gasteiger partial charge in [-0.2, -0.15) is 0 Å². The number of anilines is 1. The quantitative estimate of drug-likeness (QED) is 0.291. The molecule has 3 aromatic carbocycles. The van der Waals surface area contributed by atoms with Gasteiger partial charge in [-0.25, -0.2) is 0 Å². The number of amides is 1. The van der Waals surface area contributed by atoms with Crippen LogP contribution in [0.4, 0.5) is 5.69 Å². The van der Waals surface area contributed by atoms with Gasteiger partial charge in [-0.15, -0.1) is 10.2 Å². The van der Waals surface area contributed by atoms with Gasteiger partial charge < -0.3 is 5.32 Å². The van der Waals surface area contributed by atoms with E-state index in [0.29, 0.717) is 11.6 Å². The van der Waals surface area contributed by atoms with Crippen molar-refractivity contribution in [2.24, 2.45) is 0 Å². The highest BCUT2D eigenvalue weighted by molar-refractivity contribution is 9.10. The molecular weight excluding hydrogens is 496 g/mol. The molecule has 0 spiro atoms. The molecule has 0 bridgehead atoms. The normalized spacial score (nSPS) is 10.9. The van der Waals surface area contributed by atoms with Crippen molar-refractivity contribution in [2.75, 3.05) is 11.1 Å². The molecule has 0 radical (unpaired) electrons. The summed E-state index contributed by atoms with van der Waals surface area (Å²) in [6.07, 6.45) is 0.657. The lowest BCUT2D eigenvalue weighted by molar-refractivity contribution is -0.113. The zero-order chi connectivity index (χ0) is 23.4. The maximum absolute atomic E-state index is 12.7. The van der Waals surface area contributed by atoms with E-state index < -0.39 is 0 Å². The Hall–Kier alpha value is -2.90. The lowest BCUT2D eigenvalue weighted by Gasteiger charge is -2.12. The second kappa shape index (κ2) is 10.4. The summed E-state index contributed by atoms with van der Waals surface area (Å²) in [5.41, 5.74) is 6.47. The van der Waals surface area contributed by atoms with Crippen LogP contribution in [-0.2, 0) is 11.2 Å². The first-order chi connectivity index (χ1) is 15.9. The van der Waals surface area contributed by atoms with Crippen molar-refractivity contribution >= 4 is 39.3 Å². The summed E-state index contributed by atoms with van der Waals surface area (Å²) in [6, 6.07) is 22.4. The van der Waals surface area contributed by atoms with Crippen LogP contribution in [0.5, 0.6) is 0 Å². The smallest absolute Gasteiger partial charge is 0.234 e. The number of benzene rings is 3. The van der Waals surface area contributed by atoms with E-state index in [4.69, 9.17) is 0 Å². The lowest BCUT2D eigenvalue weighted by atomic mass is 10.1. The molecule has 0 aliphatic rings. The van der Waals surface area contributed by atoms with Crippen LogP contribution in [0, 0.1) is 20.8 Å². The molecule has 1 amide bonds. The molecule has 1 N–H and O–H groups in total. The summed E-state index contributed by atoms with van der Waals surface area (Å²) in [7, 11) is 0. The Bertz CT molecular complexity index is 1290. The number of carbonyl (C=O) groups is 1. The minimum Gasteiger partial charge on any atom is -0.324 e. The number of carbonyl (C=O) groups excluding carboxylic acids is 1. The van der Waals surface area contributed by atoms with E-state index in [2.05, 4.69) is 80.2 Å². The minimum atomic E-state index is -0.0937. The molecule has 1 aromatic heterocycles. The van der Waals surface area contributed by atoms with Crippen molar-refractivity contribution in [2.45, 2.75) is 32.3 Å². The Morgan fingerprint density at radius 3 is 2.48 bits per heavy atom. The van der Waals surface area contributed by atoms with E-state index in [-0.39, 0.29) is 11.7 Å². The van der Waals surface area contributed by atoms with Crippen LogP contribution < -0.4 is 5.32 Å². The Balaban J connectivity index is 1.58. The molecule has 33 heavy (non-hydrogen) atoms. The Morgan fingerprint density at radius 1 is 0.970 bits per heavy atom. The first-order valence-electron chi connectivity index (χ1n) is 10.7. The van der Waals surface area contributed by atoms with Crippen LogP contribution in [0.25, 0.3) is 5.69 Å². The van der Waals surface area contributed by atoms with Crippen LogP contribution in [0.3, 0.4) is 0 Å². The molecule has 0 atom stereocenters. The molecule has 0 fully saturated rings. The van der Waals surface area contributed by atoms with Gasteiger partial charge in [-0.1, -0.05) is 54.2 Å². The standard InChI is InChI=1S/C26H25BrN4OS/c1-17-9-12-23(22(27)13-17)28-25(32)16-33-26-30-29-24(15-20-7-5-4-6-8-20)31(26)21-11-10-18(2)19(3)14-21/h4-14H,15-16H2,1-3H3,(H,28,32). The molecule has 0 saturated heterocycles. The van der Waals surface area contributed by atoms with Gasteiger partial charge in [-0.05, 0) is 83.2 Å². The summed E-state index contributed by atoms with van der Waals surface area (Å²) < 4.78 is 2.92. The van der Waals surface area contributed by atoms with E-state index in [9.17, 15) is 4.79 Å². The summed E-state index contributed by atoms with van der Waals surface area (Å²) in [4.78, 5) is 12.7. The number of thioether (sulfide) groups is 1. The van der Waals surface area contributed by atoms with Crippen molar-refractivity contribution < 1.29 is 4.79 Å². The van der Waals surface area contributed by atoms with Gasteiger partial charge in [0.2, 0.25) is 5.91 Å². The van der Waals surface area contributed by atoms with Crippen molar-refractivity contribution in [1.82, 2.24) is 14.8 Å². The molecule has 7 heteroatoms. The van der Waals surface area contributed by atoms with Gasteiger partial charge in [0, 0.05) is 16.6 Å². The maximum Gasteiger partial charge on any atom is 0.234 e. The number of rotatable bonds is 7. The molecule has 0 unspecified atom stereocenters. The number of halogens is 1. The SMILES string of the molecule is Cc1ccc(NC(=O)CSc2nnc(Cc3ccccc3)n2-c2ccc(C)c(C)c2)c(Br)c1. The van der Waals surface area contributed by atoms with E-state index in [1.165, 1.54) is 22.9 Å². The lowest BCUT2D eigenvalue weighted by Crippen LogP contribution is -2.15. The summed E-state index contributed by atoms with van der Waals surface area (Å²) in [5.74, 6) is 0.978. The fourth-order valence-electron chi connectivity index (χ4n) is 3.45. The Morgan fingerprint density at radius 2 is 1.76 bits per heavy atom. The average molecular weight is 521 g/mol. The second-order valence-corrected chi connectivity index (χ2v) is 9.78. The summed E-state index contributed by atoms with van der Waals surface area (Å²) in [5, 5.41) is 12.6. The minimum absolute atomic E-state index is 0.0937. The van der Waals surface area contributed by atoms with E-state index in [0.717, 1.165) is 32.8 Å². The van der Waals surface area contributed by atoms with E-state index in [1.54, 1.807) is 0 Å². The van der Waals surface area contributed by atoms with Crippen LogP contribution in [0.1, 0.15) is 28.1 Å². The number of nitrogens with zero attached hydrogens (tertiary/aromatic N) is 3. The third kappa shape index (κ3) is 5.72. The predicted octanol–water partition coefficient (Wildman–Crippen LogP) is 6.28. The van der Waals surface area contributed by atoms with Crippen molar-refractivity contribution in [1.29, 1.82) is 0 Å². The third-order valence-electron chi connectivity index (χ3n) is 5.39. The molecule has 0 saturated carbocycles. The molecule has 4 rings (SSSR count). The van der Waals surface area contributed by atoms with Gasteiger partial charge in [0.25, 0.3) is 0 Å². The molecule has 5 nitrogen and oxygen atoms in total. The zero-order valence-corrected chi connectivity index (χ0v) is 21.2. The number of nitrogens with one attached hydrogen (secondary N) is 1. The van der Waals surface area contributed by atoms with Gasteiger partial charge in [0.1, 0.15) is 5.82 Å². The highest BCUT2D eigenvalue weighted by Gasteiger charge is 2.17. The van der Waals surface area contributed by atoms with Crippen molar-refractivity contribution in [3.05, 3.63) is 99.3 Å². The Labute approximate surface area is 206 Å². The molecular formula is C26H25BrN4OS. The monoisotopic (exact) mass is 520 g/mol. The van der Waals surface area contributed by atoms with E-state index in [1.807, 2.05) is 43.3 Å². The van der Waals surface area contributed by atoms with Gasteiger partial charge in [0.15, 0.2) is 5.16 Å². The molecule has 1 heterocycles. The zero-order valence-electron chi connectivity index (χ0n) is 18.8. The highest BCUT2D eigenvalue weighted by atomic mass is 79.9. The first-order valence-corrected chi connectivity index (χ1v) is 12.4. The number of aromatic nitrogens is 3. The molecule has 168 valence electrons. The predicted molar refractivity (Wildman–Crippen MR) is 138 cm³/mol. The van der Waals surface area contributed by atoms with Gasteiger partial charge in [0.05, 0.1) is 11.4 Å². The largest absolute Gasteiger partial charge is 0.324 e. The molecule has 0 aliphatic heterocycles. The second-order valence-electron chi connectivity index (χ2n) is 7.99. The first kappa shape index (κ1) is 23.3. The van der Waals surface area contributed by atoms with Crippen LogP contribution >= 0.6 is 27.7 Å². The summed E-state index contributed by atoms with van der Waals surface area (Å²) >= 11 is 4.89. The number of aryl methyl sites for hydroxylation is 3. The average Bonchev–Trinajstić information content (AvgIpc) is 3.19. The highest BCUT2D eigenvalue weighted by Crippen LogP contribution is 2.27. The molecule has 0 aliphatic carbocycles.